The van der Waals surface area contributed by atoms with E-state index in [2.05, 4.69) is 23.1 Å². The third-order valence-electron chi connectivity index (χ3n) is 3.78. The summed E-state index contributed by atoms with van der Waals surface area (Å²) in [6.45, 7) is 1.53. The largest absolute Gasteiger partial charge is 0.366 e. The first-order valence-electron chi connectivity index (χ1n) is 6.69. The minimum Gasteiger partial charge on any atom is -0.366 e. The maximum Gasteiger partial charge on any atom is 0.270 e. The van der Waals surface area contributed by atoms with Crippen LogP contribution in [0.1, 0.15) is 16.7 Å². The molecule has 0 spiro atoms. The van der Waals surface area contributed by atoms with Crippen LogP contribution in [0.4, 0.5) is 11.4 Å². The van der Waals surface area contributed by atoms with Crippen molar-refractivity contribution in [1.82, 2.24) is 0 Å². The summed E-state index contributed by atoms with van der Waals surface area (Å²) in [5, 5.41) is 20.1. The average Bonchev–Trinajstić information content (AvgIpc) is 2.53. The summed E-state index contributed by atoms with van der Waals surface area (Å²) in [7, 11) is 0. The highest BCUT2D eigenvalue weighted by molar-refractivity contribution is 5.63. The molecule has 0 unspecified atom stereocenters. The highest BCUT2D eigenvalue weighted by Gasteiger charge is 2.20. The zero-order valence-corrected chi connectivity index (χ0v) is 11.3. The molecule has 5 nitrogen and oxygen atoms in total. The first-order valence-corrected chi connectivity index (χ1v) is 6.69. The minimum atomic E-state index is -0.476. The Kier molecular flexibility index (Phi) is 3.28. The van der Waals surface area contributed by atoms with Gasteiger partial charge in [0, 0.05) is 25.2 Å². The summed E-state index contributed by atoms with van der Waals surface area (Å²) in [6.07, 6.45) is 0.915. The molecule has 104 valence electrons. The van der Waals surface area contributed by atoms with Crippen LogP contribution in [0.2, 0.25) is 0 Å². The molecule has 1 heterocycles. The Morgan fingerprint density at radius 1 is 1.19 bits per heavy atom. The van der Waals surface area contributed by atoms with Crippen molar-refractivity contribution >= 4 is 11.4 Å². The Labute approximate surface area is 122 Å². The summed E-state index contributed by atoms with van der Waals surface area (Å²) >= 11 is 0. The lowest BCUT2D eigenvalue weighted by Crippen LogP contribution is -2.30. The molecular weight excluding hydrogens is 266 g/mol. The van der Waals surface area contributed by atoms with Crippen molar-refractivity contribution in [3.63, 3.8) is 0 Å². The number of anilines is 1. The van der Waals surface area contributed by atoms with E-state index in [4.69, 9.17) is 0 Å². The van der Waals surface area contributed by atoms with Crippen LogP contribution in [0, 0.1) is 21.4 Å². The maximum absolute atomic E-state index is 10.8. The van der Waals surface area contributed by atoms with Gasteiger partial charge in [-0.05, 0) is 23.6 Å². The van der Waals surface area contributed by atoms with E-state index in [-0.39, 0.29) is 5.69 Å². The summed E-state index contributed by atoms with van der Waals surface area (Å²) in [5.74, 6) is 0. The second-order valence-corrected chi connectivity index (χ2v) is 5.01. The SMILES string of the molecule is N#Cc1cc([N+](=O)[O-])ccc1N1CCc2ccccc2C1. The van der Waals surface area contributed by atoms with Gasteiger partial charge < -0.3 is 4.90 Å². The summed E-state index contributed by atoms with van der Waals surface area (Å²) in [5.41, 5.74) is 3.63. The van der Waals surface area contributed by atoms with Crippen LogP contribution in [0.15, 0.2) is 42.5 Å². The fraction of sp³-hybridized carbons (Fsp3) is 0.188. The number of nitrogens with zero attached hydrogens (tertiary/aromatic N) is 3. The number of benzene rings is 2. The van der Waals surface area contributed by atoms with Crippen molar-refractivity contribution in [2.75, 3.05) is 11.4 Å². The Hall–Kier alpha value is -2.87. The monoisotopic (exact) mass is 279 g/mol. The molecule has 0 radical (unpaired) electrons. The first kappa shape index (κ1) is 13.1. The number of hydrogen-bond acceptors (Lipinski definition) is 4. The van der Waals surface area contributed by atoms with Gasteiger partial charge in [0.2, 0.25) is 0 Å². The lowest BCUT2D eigenvalue weighted by atomic mass is 9.99. The molecule has 0 aliphatic carbocycles. The van der Waals surface area contributed by atoms with Crippen molar-refractivity contribution in [3.05, 3.63) is 69.3 Å². The topological polar surface area (TPSA) is 70.2 Å². The highest BCUT2D eigenvalue weighted by atomic mass is 16.6. The summed E-state index contributed by atoms with van der Waals surface area (Å²) in [6, 6.07) is 14.8. The van der Waals surface area contributed by atoms with E-state index in [9.17, 15) is 15.4 Å². The Morgan fingerprint density at radius 3 is 2.67 bits per heavy atom. The molecule has 0 saturated carbocycles. The van der Waals surface area contributed by atoms with Gasteiger partial charge in [0.1, 0.15) is 6.07 Å². The molecule has 0 amide bonds. The van der Waals surface area contributed by atoms with E-state index in [0.29, 0.717) is 5.56 Å². The summed E-state index contributed by atoms with van der Waals surface area (Å²) in [4.78, 5) is 12.4. The first-order chi connectivity index (χ1) is 10.2. The van der Waals surface area contributed by atoms with Gasteiger partial charge in [0.15, 0.2) is 0 Å². The van der Waals surface area contributed by atoms with Crippen LogP contribution in [0.3, 0.4) is 0 Å². The molecular formula is C16H13N3O2. The molecule has 0 fully saturated rings. The van der Waals surface area contributed by atoms with Crippen molar-refractivity contribution in [3.8, 4) is 6.07 Å². The van der Waals surface area contributed by atoms with Crippen LogP contribution in [-0.2, 0) is 13.0 Å². The molecule has 1 aliphatic rings. The van der Waals surface area contributed by atoms with Gasteiger partial charge in [-0.2, -0.15) is 5.26 Å². The predicted octanol–water partition coefficient (Wildman–Crippen LogP) is 3.03. The van der Waals surface area contributed by atoms with Gasteiger partial charge >= 0.3 is 0 Å². The molecule has 3 rings (SSSR count). The Bertz CT molecular complexity index is 749. The molecule has 0 aromatic heterocycles. The molecule has 2 aromatic carbocycles. The van der Waals surface area contributed by atoms with E-state index in [1.54, 1.807) is 6.07 Å². The molecule has 1 aliphatic heterocycles. The van der Waals surface area contributed by atoms with E-state index < -0.39 is 4.92 Å². The normalized spacial score (nSPS) is 13.4. The number of nitriles is 1. The second-order valence-electron chi connectivity index (χ2n) is 5.01. The quantitative estimate of drug-likeness (QED) is 0.625. The third-order valence-corrected chi connectivity index (χ3v) is 3.78. The second kappa shape index (κ2) is 5.25. The zero-order valence-electron chi connectivity index (χ0n) is 11.3. The molecule has 0 atom stereocenters. The molecule has 0 N–H and O–H groups in total. The number of rotatable bonds is 2. The van der Waals surface area contributed by atoms with Gasteiger partial charge in [-0.1, -0.05) is 24.3 Å². The fourth-order valence-corrected chi connectivity index (χ4v) is 2.70. The van der Waals surface area contributed by atoms with E-state index in [0.717, 1.165) is 25.2 Å². The molecule has 2 aromatic rings. The molecule has 5 heteroatoms. The number of hydrogen-bond donors (Lipinski definition) is 0. The van der Waals surface area contributed by atoms with E-state index >= 15 is 0 Å². The smallest absolute Gasteiger partial charge is 0.270 e. The zero-order chi connectivity index (χ0) is 14.8. The number of non-ortho nitro benzene ring substituents is 1. The lowest BCUT2D eigenvalue weighted by Gasteiger charge is -2.31. The molecule has 0 saturated heterocycles. The number of nitro groups is 1. The van der Waals surface area contributed by atoms with Gasteiger partial charge in [0.05, 0.1) is 16.2 Å². The number of fused-ring (bicyclic) bond motifs is 1. The van der Waals surface area contributed by atoms with Crippen molar-refractivity contribution in [2.24, 2.45) is 0 Å². The third kappa shape index (κ3) is 2.43. The Balaban J connectivity index is 1.95. The van der Waals surface area contributed by atoms with Crippen LogP contribution >= 0.6 is 0 Å². The van der Waals surface area contributed by atoms with Crippen molar-refractivity contribution < 1.29 is 4.92 Å². The van der Waals surface area contributed by atoms with Crippen molar-refractivity contribution in [1.29, 1.82) is 5.26 Å². The highest BCUT2D eigenvalue weighted by Crippen LogP contribution is 2.29. The average molecular weight is 279 g/mol. The van der Waals surface area contributed by atoms with Gasteiger partial charge in [0.25, 0.3) is 5.69 Å². The van der Waals surface area contributed by atoms with Crippen LogP contribution in [-0.4, -0.2) is 11.5 Å². The van der Waals surface area contributed by atoms with Gasteiger partial charge in [-0.25, -0.2) is 0 Å². The van der Waals surface area contributed by atoms with E-state index in [1.807, 2.05) is 12.1 Å². The molecule has 21 heavy (non-hydrogen) atoms. The van der Waals surface area contributed by atoms with Gasteiger partial charge in [-0.3, -0.25) is 10.1 Å². The minimum absolute atomic E-state index is 0.0484. The predicted molar refractivity (Wildman–Crippen MR) is 79.0 cm³/mol. The fourth-order valence-electron chi connectivity index (χ4n) is 2.70. The molecule has 0 bridgehead atoms. The van der Waals surface area contributed by atoms with Crippen molar-refractivity contribution in [2.45, 2.75) is 13.0 Å². The maximum atomic E-state index is 10.8. The van der Waals surface area contributed by atoms with E-state index in [1.165, 1.54) is 23.3 Å². The number of nitro benzene ring substituents is 1. The Morgan fingerprint density at radius 2 is 1.95 bits per heavy atom. The summed E-state index contributed by atoms with van der Waals surface area (Å²) < 4.78 is 0. The van der Waals surface area contributed by atoms with Crippen LogP contribution in [0.5, 0.6) is 0 Å². The lowest BCUT2D eigenvalue weighted by molar-refractivity contribution is -0.384. The van der Waals surface area contributed by atoms with Crippen LogP contribution < -0.4 is 4.90 Å². The van der Waals surface area contributed by atoms with Gasteiger partial charge in [-0.15, -0.1) is 0 Å². The van der Waals surface area contributed by atoms with Crippen LogP contribution in [0.25, 0.3) is 0 Å². The standard InChI is InChI=1S/C16H13N3O2/c17-10-14-9-15(19(20)21)5-6-16(14)18-8-7-12-3-1-2-4-13(12)11-18/h1-6,9H,7-8,11H2.